The third-order valence-electron chi connectivity index (χ3n) is 7.55. The van der Waals surface area contributed by atoms with E-state index >= 15 is 0 Å². The van der Waals surface area contributed by atoms with Crippen LogP contribution in [0.25, 0.3) is 0 Å². The summed E-state index contributed by atoms with van der Waals surface area (Å²) >= 11 is 0. The zero-order chi connectivity index (χ0) is 22.9. The molecule has 1 N–H and O–H groups in total. The van der Waals surface area contributed by atoms with Crippen LogP contribution < -0.4 is 10.1 Å². The van der Waals surface area contributed by atoms with E-state index in [1.165, 1.54) is 0 Å². The minimum absolute atomic E-state index is 0.148. The molecule has 1 aromatic rings. The van der Waals surface area contributed by atoms with E-state index in [2.05, 4.69) is 17.1 Å². The molecule has 178 valence electrons. The molecule has 0 radical (unpaired) electrons. The molecule has 3 amide bonds. The molecule has 1 unspecified atom stereocenters. The number of amides is 3. The fourth-order valence-corrected chi connectivity index (χ4v) is 5.87. The van der Waals surface area contributed by atoms with Crippen molar-refractivity contribution in [3.63, 3.8) is 0 Å². The van der Waals surface area contributed by atoms with Gasteiger partial charge in [-0.25, -0.2) is 0 Å². The van der Waals surface area contributed by atoms with Gasteiger partial charge in [0, 0.05) is 44.3 Å². The van der Waals surface area contributed by atoms with Crippen molar-refractivity contribution >= 4 is 17.7 Å². The first-order chi connectivity index (χ1) is 16.0. The van der Waals surface area contributed by atoms with Crippen LogP contribution in [0.15, 0.2) is 18.2 Å². The molecule has 8 heteroatoms. The predicted molar refractivity (Wildman–Crippen MR) is 121 cm³/mol. The van der Waals surface area contributed by atoms with E-state index in [9.17, 15) is 14.4 Å². The third-order valence-corrected chi connectivity index (χ3v) is 7.55. The van der Waals surface area contributed by atoms with Crippen LogP contribution >= 0.6 is 0 Å². The zero-order valence-corrected chi connectivity index (χ0v) is 19.3. The Kier molecular flexibility index (Phi) is 6.38. The van der Waals surface area contributed by atoms with Crippen molar-refractivity contribution < 1.29 is 23.9 Å². The molecule has 0 spiro atoms. The average molecular weight is 456 g/mol. The van der Waals surface area contributed by atoms with E-state index in [-0.39, 0.29) is 30.2 Å². The van der Waals surface area contributed by atoms with E-state index in [1.54, 1.807) is 4.90 Å². The van der Waals surface area contributed by atoms with Crippen LogP contribution in [0.3, 0.4) is 0 Å². The SMILES string of the molecule is CCOC1CCN([C@@H]2CCC[C@H]2Oc2ccc3c(c2)CN(C2CCC(=O)NC2=O)C3=O)CC1. The maximum Gasteiger partial charge on any atom is 0.255 e. The smallest absolute Gasteiger partial charge is 0.255 e. The number of likely N-dealkylation sites (tertiary alicyclic amines) is 1. The normalized spacial score (nSPS) is 28.8. The van der Waals surface area contributed by atoms with Crippen LogP contribution in [0.4, 0.5) is 0 Å². The molecule has 0 bridgehead atoms. The standard InChI is InChI=1S/C25H33N3O5/c1-2-32-17-10-12-27(13-11-17)20-4-3-5-22(20)33-18-6-7-19-16(14-18)15-28(25(19)31)21-8-9-23(29)26-24(21)30/h6-7,14,17,20-22H,2-5,8-13,15H2,1H3,(H,26,29,30)/t20-,21?,22-/m1/s1. The maximum absolute atomic E-state index is 12.9. The van der Waals surface area contributed by atoms with Gasteiger partial charge < -0.3 is 14.4 Å². The summed E-state index contributed by atoms with van der Waals surface area (Å²) in [4.78, 5) is 40.8. The Bertz CT molecular complexity index is 927. The molecule has 5 rings (SSSR count). The number of nitrogens with one attached hydrogen (secondary N) is 1. The Morgan fingerprint density at radius 1 is 1.06 bits per heavy atom. The van der Waals surface area contributed by atoms with Gasteiger partial charge in [-0.3, -0.25) is 24.6 Å². The van der Waals surface area contributed by atoms with Crippen molar-refractivity contribution in [3.05, 3.63) is 29.3 Å². The lowest BCUT2D eigenvalue weighted by Crippen LogP contribution is -2.52. The number of carbonyl (C=O) groups excluding carboxylic acids is 3. The summed E-state index contributed by atoms with van der Waals surface area (Å²) in [6, 6.07) is 5.47. The Hall–Kier alpha value is -2.45. The number of imide groups is 1. The number of ether oxygens (including phenoxy) is 2. The van der Waals surface area contributed by atoms with Crippen molar-refractivity contribution in [2.24, 2.45) is 0 Å². The Balaban J connectivity index is 1.23. The first kappa shape index (κ1) is 22.3. The Labute approximate surface area is 194 Å². The second-order valence-corrected chi connectivity index (χ2v) is 9.56. The highest BCUT2D eigenvalue weighted by atomic mass is 16.5. The van der Waals surface area contributed by atoms with E-state index in [4.69, 9.17) is 9.47 Å². The lowest BCUT2D eigenvalue weighted by Gasteiger charge is -2.38. The molecule has 4 aliphatic rings. The Morgan fingerprint density at radius 3 is 2.64 bits per heavy atom. The fraction of sp³-hybridized carbons (Fsp3) is 0.640. The molecule has 3 fully saturated rings. The summed E-state index contributed by atoms with van der Waals surface area (Å²) in [5, 5.41) is 2.35. The van der Waals surface area contributed by atoms with E-state index in [1.807, 2.05) is 18.2 Å². The monoisotopic (exact) mass is 455 g/mol. The van der Waals surface area contributed by atoms with Gasteiger partial charge in [0.15, 0.2) is 0 Å². The van der Waals surface area contributed by atoms with Gasteiger partial charge >= 0.3 is 0 Å². The van der Waals surface area contributed by atoms with Gasteiger partial charge in [0.05, 0.1) is 6.10 Å². The largest absolute Gasteiger partial charge is 0.489 e. The molecule has 1 aliphatic carbocycles. The number of benzene rings is 1. The highest BCUT2D eigenvalue weighted by Gasteiger charge is 2.40. The van der Waals surface area contributed by atoms with Gasteiger partial charge in [0.1, 0.15) is 17.9 Å². The highest BCUT2D eigenvalue weighted by molar-refractivity contribution is 6.05. The average Bonchev–Trinajstić information content (AvgIpc) is 3.39. The number of piperidine rings is 2. The quantitative estimate of drug-likeness (QED) is 0.662. The number of fused-ring (bicyclic) bond motifs is 1. The minimum Gasteiger partial charge on any atom is -0.489 e. The van der Waals surface area contributed by atoms with Crippen LogP contribution in [0.1, 0.15) is 67.8 Å². The summed E-state index contributed by atoms with van der Waals surface area (Å²) in [6.07, 6.45) is 6.66. The topological polar surface area (TPSA) is 88.2 Å². The van der Waals surface area contributed by atoms with Crippen LogP contribution in [0.5, 0.6) is 5.75 Å². The molecule has 8 nitrogen and oxygen atoms in total. The molecule has 33 heavy (non-hydrogen) atoms. The minimum atomic E-state index is -0.592. The van der Waals surface area contributed by atoms with Crippen LogP contribution in [0, 0.1) is 0 Å². The number of hydrogen-bond acceptors (Lipinski definition) is 6. The molecule has 3 aliphatic heterocycles. The Morgan fingerprint density at radius 2 is 1.88 bits per heavy atom. The van der Waals surface area contributed by atoms with Crippen LogP contribution in [0.2, 0.25) is 0 Å². The molecule has 1 aromatic carbocycles. The highest BCUT2D eigenvalue weighted by Crippen LogP contribution is 2.34. The lowest BCUT2D eigenvalue weighted by molar-refractivity contribution is -0.136. The van der Waals surface area contributed by atoms with Crippen molar-refractivity contribution in [3.8, 4) is 5.75 Å². The number of nitrogens with zero attached hydrogens (tertiary/aromatic N) is 2. The summed E-state index contributed by atoms with van der Waals surface area (Å²) in [7, 11) is 0. The maximum atomic E-state index is 12.9. The molecule has 2 saturated heterocycles. The summed E-state index contributed by atoms with van der Waals surface area (Å²) < 4.78 is 12.3. The van der Waals surface area contributed by atoms with Crippen LogP contribution in [-0.4, -0.2) is 71.5 Å². The van der Waals surface area contributed by atoms with Crippen LogP contribution in [-0.2, 0) is 20.9 Å². The van der Waals surface area contributed by atoms with Gasteiger partial charge in [-0.2, -0.15) is 0 Å². The van der Waals surface area contributed by atoms with E-state index < -0.39 is 6.04 Å². The lowest BCUT2D eigenvalue weighted by atomic mass is 10.0. The van der Waals surface area contributed by atoms with Gasteiger partial charge in [-0.05, 0) is 69.2 Å². The molecular weight excluding hydrogens is 422 g/mol. The summed E-state index contributed by atoms with van der Waals surface area (Å²) in [6.45, 7) is 5.31. The second kappa shape index (κ2) is 9.43. The zero-order valence-electron chi connectivity index (χ0n) is 19.3. The van der Waals surface area contributed by atoms with Gasteiger partial charge in [-0.15, -0.1) is 0 Å². The molecule has 1 saturated carbocycles. The number of carbonyl (C=O) groups is 3. The second-order valence-electron chi connectivity index (χ2n) is 9.56. The number of rotatable bonds is 6. The summed E-state index contributed by atoms with van der Waals surface area (Å²) in [5.74, 6) is -0.0233. The third kappa shape index (κ3) is 4.51. The van der Waals surface area contributed by atoms with E-state index in [0.29, 0.717) is 30.7 Å². The van der Waals surface area contributed by atoms with Crippen molar-refractivity contribution in [2.45, 2.75) is 82.7 Å². The van der Waals surface area contributed by atoms with Crippen molar-refractivity contribution in [2.75, 3.05) is 19.7 Å². The fourth-order valence-electron chi connectivity index (χ4n) is 5.87. The number of hydrogen-bond donors (Lipinski definition) is 1. The van der Waals surface area contributed by atoms with Crippen molar-refractivity contribution in [1.82, 2.24) is 15.1 Å². The molecule has 0 aromatic heterocycles. The summed E-state index contributed by atoms with van der Waals surface area (Å²) in [5.41, 5.74) is 1.50. The van der Waals surface area contributed by atoms with Gasteiger partial charge in [0.2, 0.25) is 11.8 Å². The predicted octanol–water partition coefficient (Wildman–Crippen LogP) is 2.25. The first-order valence-electron chi connectivity index (χ1n) is 12.3. The molecule has 3 heterocycles. The van der Waals surface area contributed by atoms with Gasteiger partial charge in [-0.1, -0.05) is 0 Å². The van der Waals surface area contributed by atoms with Crippen molar-refractivity contribution in [1.29, 1.82) is 0 Å². The first-order valence-corrected chi connectivity index (χ1v) is 12.3. The van der Waals surface area contributed by atoms with E-state index in [0.717, 1.165) is 63.1 Å². The van der Waals surface area contributed by atoms with Gasteiger partial charge in [0.25, 0.3) is 5.91 Å². The molecular formula is C25H33N3O5. The molecule has 3 atom stereocenters.